The summed E-state index contributed by atoms with van der Waals surface area (Å²) in [6, 6.07) is 18.2. The minimum Gasteiger partial charge on any atom is -0.496 e. The Balaban J connectivity index is 1.39. The van der Waals surface area contributed by atoms with Crippen molar-refractivity contribution < 1.29 is 28.5 Å². The van der Waals surface area contributed by atoms with Gasteiger partial charge in [0.2, 0.25) is 5.78 Å². The average Bonchev–Trinajstić information content (AvgIpc) is 3.19. The lowest BCUT2D eigenvalue weighted by molar-refractivity contribution is 0.0600. The summed E-state index contributed by atoms with van der Waals surface area (Å²) in [6.45, 7) is 1.63. The van der Waals surface area contributed by atoms with Gasteiger partial charge >= 0.3 is 5.97 Å². The Kier molecular flexibility index (Phi) is 5.77. The lowest BCUT2D eigenvalue weighted by atomic mass is 10.0. The SMILES string of the molecule is COC(=O)c1ccc(/C=C2\Oc3c(ccc4c3CN(Cc3ccccc3OC)CO4)C2=O)cc1. The van der Waals surface area contributed by atoms with Crippen LogP contribution in [-0.2, 0) is 17.8 Å². The first-order valence-corrected chi connectivity index (χ1v) is 10.8. The third-order valence-electron chi connectivity index (χ3n) is 5.90. The maximum Gasteiger partial charge on any atom is 0.337 e. The summed E-state index contributed by atoms with van der Waals surface area (Å²) in [5.74, 6) is 1.70. The number of benzene rings is 3. The van der Waals surface area contributed by atoms with E-state index in [4.69, 9.17) is 18.9 Å². The van der Waals surface area contributed by atoms with Gasteiger partial charge in [0.05, 0.1) is 30.9 Å². The number of carbonyl (C=O) groups is 2. The average molecular weight is 457 g/mol. The quantitative estimate of drug-likeness (QED) is 0.414. The van der Waals surface area contributed by atoms with E-state index >= 15 is 0 Å². The van der Waals surface area contributed by atoms with E-state index in [9.17, 15) is 9.59 Å². The molecule has 0 N–H and O–H groups in total. The molecule has 0 atom stereocenters. The Bertz CT molecular complexity index is 1290. The number of para-hydroxylation sites is 1. The molecule has 7 nitrogen and oxygen atoms in total. The van der Waals surface area contributed by atoms with Crippen LogP contribution in [0.3, 0.4) is 0 Å². The van der Waals surface area contributed by atoms with E-state index in [0.717, 1.165) is 22.4 Å². The summed E-state index contributed by atoms with van der Waals surface area (Å²) >= 11 is 0. The van der Waals surface area contributed by atoms with Gasteiger partial charge in [-0.1, -0.05) is 30.3 Å². The van der Waals surface area contributed by atoms with Crippen molar-refractivity contribution in [2.45, 2.75) is 13.1 Å². The highest BCUT2D eigenvalue weighted by atomic mass is 16.5. The van der Waals surface area contributed by atoms with E-state index in [2.05, 4.69) is 4.90 Å². The van der Waals surface area contributed by atoms with Gasteiger partial charge < -0.3 is 18.9 Å². The topological polar surface area (TPSA) is 74.3 Å². The molecule has 0 saturated heterocycles. The Labute approximate surface area is 197 Å². The number of hydrogen-bond acceptors (Lipinski definition) is 7. The van der Waals surface area contributed by atoms with Crippen LogP contribution in [0.5, 0.6) is 17.2 Å². The molecule has 3 aromatic carbocycles. The molecular weight excluding hydrogens is 434 g/mol. The smallest absolute Gasteiger partial charge is 0.337 e. The van der Waals surface area contributed by atoms with Gasteiger partial charge in [-0.3, -0.25) is 9.69 Å². The number of rotatable bonds is 5. The van der Waals surface area contributed by atoms with Gasteiger partial charge in [-0.2, -0.15) is 0 Å². The molecule has 2 aliphatic rings. The van der Waals surface area contributed by atoms with Crippen molar-refractivity contribution in [2.24, 2.45) is 0 Å². The Hall–Kier alpha value is -4.10. The Morgan fingerprint density at radius 1 is 1.06 bits per heavy atom. The Morgan fingerprint density at radius 3 is 2.62 bits per heavy atom. The molecule has 7 heteroatoms. The van der Waals surface area contributed by atoms with Crippen LogP contribution in [0, 0.1) is 0 Å². The first-order chi connectivity index (χ1) is 16.6. The third-order valence-corrected chi connectivity index (χ3v) is 5.90. The number of methoxy groups -OCH3 is 2. The van der Waals surface area contributed by atoms with Crippen LogP contribution in [0.15, 0.2) is 66.4 Å². The van der Waals surface area contributed by atoms with Gasteiger partial charge in [0.15, 0.2) is 5.76 Å². The molecule has 172 valence electrons. The van der Waals surface area contributed by atoms with Crippen LogP contribution < -0.4 is 14.2 Å². The van der Waals surface area contributed by atoms with Crippen LogP contribution in [0.4, 0.5) is 0 Å². The summed E-state index contributed by atoms with van der Waals surface area (Å²) in [4.78, 5) is 26.8. The highest BCUT2D eigenvalue weighted by Gasteiger charge is 2.33. The highest BCUT2D eigenvalue weighted by Crippen LogP contribution is 2.42. The molecule has 34 heavy (non-hydrogen) atoms. The fourth-order valence-electron chi connectivity index (χ4n) is 4.16. The van der Waals surface area contributed by atoms with Crippen molar-refractivity contribution in [3.63, 3.8) is 0 Å². The van der Waals surface area contributed by atoms with Crippen molar-refractivity contribution in [3.8, 4) is 17.2 Å². The summed E-state index contributed by atoms with van der Waals surface area (Å²) in [7, 11) is 2.99. The standard InChI is InChI=1S/C27H23NO6/c1-31-22-6-4-3-5-19(22)14-28-15-21-23(33-16-28)12-11-20-25(29)24(34-26(20)21)13-17-7-9-18(10-8-17)27(30)32-2/h3-13H,14-16H2,1-2H3/b24-13-. The van der Waals surface area contributed by atoms with E-state index in [-0.39, 0.29) is 11.5 Å². The number of allylic oxidation sites excluding steroid dienone is 1. The zero-order valence-electron chi connectivity index (χ0n) is 18.9. The molecule has 0 aromatic heterocycles. The zero-order chi connectivity index (χ0) is 23.7. The van der Waals surface area contributed by atoms with E-state index in [1.165, 1.54) is 7.11 Å². The molecular formula is C27H23NO6. The van der Waals surface area contributed by atoms with Crippen molar-refractivity contribution in [3.05, 3.63) is 94.2 Å². The number of ketones is 1. The normalized spacial score (nSPS) is 15.8. The maximum absolute atomic E-state index is 13.0. The predicted octanol–water partition coefficient (Wildman–Crippen LogP) is 4.45. The lowest BCUT2D eigenvalue weighted by Gasteiger charge is -2.30. The molecule has 2 aliphatic heterocycles. The van der Waals surface area contributed by atoms with E-state index in [1.807, 2.05) is 30.3 Å². The Morgan fingerprint density at radius 2 is 1.85 bits per heavy atom. The minimum atomic E-state index is -0.413. The molecule has 0 saturated carbocycles. The number of nitrogens with zero attached hydrogens (tertiary/aromatic N) is 1. The third kappa shape index (κ3) is 4.02. The first kappa shape index (κ1) is 21.7. The molecule has 0 bridgehead atoms. The zero-order valence-corrected chi connectivity index (χ0v) is 18.9. The van der Waals surface area contributed by atoms with Gasteiger partial charge in [-0.15, -0.1) is 0 Å². The van der Waals surface area contributed by atoms with Crippen molar-refractivity contribution in [1.82, 2.24) is 4.90 Å². The summed E-state index contributed by atoms with van der Waals surface area (Å²) in [5, 5.41) is 0. The number of Topliss-reactive ketones (excluding diaryl/α,β-unsaturated/α-hetero) is 1. The van der Waals surface area contributed by atoms with Crippen LogP contribution >= 0.6 is 0 Å². The van der Waals surface area contributed by atoms with Crippen molar-refractivity contribution in [2.75, 3.05) is 21.0 Å². The largest absolute Gasteiger partial charge is 0.496 e. The molecule has 0 spiro atoms. The van der Waals surface area contributed by atoms with E-state index < -0.39 is 5.97 Å². The molecule has 5 rings (SSSR count). The predicted molar refractivity (Wildman–Crippen MR) is 125 cm³/mol. The van der Waals surface area contributed by atoms with Crippen molar-refractivity contribution in [1.29, 1.82) is 0 Å². The lowest BCUT2D eigenvalue weighted by Crippen LogP contribution is -2.31. The van der Waals surface area contributed by atoms with Gasteiger partial charge in [0.25, 0.3) is 0 Å². The van der Waals surface area contributed by atoms with Crippen LogP contribution in [0.1, 0.15) is 37.4 Å². The monoisotopic (exact) mass is 457 g/mol. The fraction of sp³-hybridized carbons (Fsp3) is 0.185. The molecule has 0 amide bonds. The van der Waals surface area contributed by atoms with E-state index in [1.54, 1.807) is 43.5 Å². The van der Waals surface area contributed by atoms with Gasteiger partial charge in [0.1, 0.15) is 24.0 Å². The fourth-order valence-corrected chi connectivity index (χ4v) is 4.16. The summed E-state index contributed by atoms with van der Waals surface area (Å²) < 4.78 is 22.2. The molecule has 3 aromatic rings. The molecule has 0 radical (unpaired) electrons. The minimum absolute atomic E-state index is 0.184. The molecule has 0 fully saturated rings. The number of fused-ring (bicyclic) bond motifs is 3. The molecule has 0 aliphatic carbocycles. The second-order valence-corrected chi connectivity index (χ2v) is 8.04. The second kappa shape index (κ2) is 9.03. The maximum atomic E-state index is 13.0. The molecule has 0 unspecified atom stereocenters. The summed E-state index contributed by atoms with van der Waals surface area (Å²) in [5.41, 5.74) is 3.59. The number of hydrogen-bond donors (Lipinski definition) is 0. The van der Waals surface area contributed by atoms with Crippen LogP contribution in [-0.4, -0.2) is 37.6 Å². The second-order valence-electron chi connectivity index (χ2n) is 8.04. The van der Waals surface area contributed by atoms with Crippen molar-refractivity contribution >= 4 is 17.8 Å². The van der Waals surface area contributed by atoms with Crippen LogP contribution in [0.2, 0.25) is 0 Å². The van der Waals surface area contributed by atoms with Crippen LogP contribution in [0.25, 0.3) is 6.08 Å². The summed E-state index contributed by atoms with van der Waals surface area (Å²) in [6.07, 6.45) is 1.67. The molecule has 2 heterocycles. The highest BCUT2D eigenvalue weighted by molar-refractivity contribution is 6.15. The first-order valence-electron chi connectivity index (χ1n) is 10.8. The number of esters is 1. The number of ether oxygens (including phenoxy) is 4. The van der Waals surface area contributed by atoms with Gasteiger partial charge in [0, 0.05) is 18.7 Å². The number of carbonyl (C=O) groups excluding carboxylic acids is 2. The van der Waals surface area contributed by atoms with Gasteiger partial charge in [-0.25, -0.2) is 4.79 Å². The van der Waals surface area contributed by atoms with E-state index in [0.29, 0.717) is 42.4 Å². The van der Waals surface area contributed by atoms with Gasteiger partial charge in [-0.05, 0) is 42.0 Å².